The van der Waals surface area contributed by atoms with E-state index in [1.54, 1.807) is 0 Å². The number of carbonyl (C=O) groups excluding carboxylic acids is 3. The molecule has 14 heavy (non-hydrogen) atoms. The van der Waals surface area contributed by atoms with Gasteiger partial charge in [0.2, 0.25) is 0 Å². The fraction of sp³-hybridized carbons (Fsp3) is 0.500. The van der Waals surface area contributed by atoms with Gasteiger partial charge in [0.25, 0.3) is 0 Å². The van der Waals surface area contributed by atoms with E-state index in [4.69, 9.17) is 7.85 Å². The van der Waals surface area contributed by atoms with E-state index in [0.717, 1.165) is 13.8 Å². The van der Waals surface area contributed by atoms with E-state index in [2.05, 4.69) is 14.5 Å². The minimum Gasteiger partial charge on any atom is -1.00 e. The van der Waals surface area contributed by atoms with Gasteiger partial charge >= 0.3 is 47.5 Å². The molecule has 0 spiro atoms. The minimum atomic E-state index is -1.59. The van der Waals surface area contributed by atoms with Crippen LogP contribution in [0.2, 0.25) is 0 Å². The van der Waals surface area contributed by atoms with Crippen molar-refractivity contribution in [2.75, 3.05) is 0 Å². The number of carbonyl (C=O) groups is 3. The van der Waals surface area contributed by atoms with Gasteiger partial charge in [0.1, 0.15) is 7.85 Å². The van der Waals surface area contributed by atoms with Crippen LogP contribution in [0.5, 0.6) is 0 Å². The molecule has 1 atom stereocenters. The van der Waals surface area contributed by atoms with Crippen LogP contribution in [0, 0.1) is 0 Å². The summed E-state index contributed by atoms with van der Waals surface area (Å²) in [5, 5.41) is 0. The molecule has 6 nitrogen and oxygen atoms in total. The Labute approximate surface area is 105 Å². The Morgan fingerprint density at radius 3 is 2.00 bits per heavy atom. The van der Waals surface area contributed by atoms with Crippen molar-refractivity contribution in [3.63, 3.8) is 0 Å². The summed E-state index contributed by atoms with van der Waals surface area (Å²) in [5.74, 6) is -2.72. The zero-order valence-corrected chi connectivity index (χ0v) is 10.1. The van der Waals surface area contributed by atoms with E-state index in [-0.39, 0.29) is 31.0 Å². The summed E-state index contributed by atoms with van der Waals surface area (Å²) in [7, 11) is 5.00. The summed E-state index contributed by atoms with van der Waals surface area (Å²) in [5.41, 5.74) is 0. The summed E-state index contributed by atoms with van der Waals surface area (Å²) in [6.07, 6.45) is 0. The monoisotopic (exact) mass is 210 g/mol. The van der Waals surface area contributed by atoms with Crippen LogP contribution in [0.1, 0.15) is 15.3 Å². The van der Waals surface area contributed by atoms with Crippen molar-refractivity contribution >= 4 is 25.8 Å². The fourth-order valence-electron chi connectivity index (χ4n) is 0.374. The molecule has 0 heterocycles. The molecule has 0 saturated heterocycles. The van der Waals surface area contributed by atoms with Crippen LogP contribution in [0.3, 0.4) is 0 Å². The van der Waals surface area contributed by atoms with Crippen LogP contribution >= 0.6 is 0 Å². The first kappa shape index (κ1) is 15.9. The van der Waals surface area contributed by atoms with Crippen molar-refractivity contribution in [2.24, 2.45) is 0 Å². The van der Waals surface area contributed by atoms with Crippen LogP contribution in [0.25, 0.3) is 0 Å². The van der Waals surface area contributed by atoms with Crippen molar-refractivity contribution in [1.29, 1.82) is 0 Å². The first-order valence-electron chi connectivity index (χ1n) is 3.25. The number of esters is 1. The van der Waals surface area contributed by atoms with Crippen LogP contribution in [0.4, 0.5) is 0 Å². The maximum absolute atomic E-state index is 10.7. The molecule has 0 bridgehead atoms. The minimum absolute atomic E-state index is 0. The van der Waals surface area contributed by atoms with E-state index in [0.29, 0.717) is 0 Å². The average Bonchev–Trinajstić information content (AvgIpc) is 1.98. The molecular formula is C6H8BNaO6. The Morgan fingerprint density at radius 1 is 1.14 bits per heavy atom. The normalized spacial score (nSPS) is 10.4. The number of rotatable bonds is 2. The molecule has 0 aromatic heterocycles. The van der Waals surface area contributed by atoms with E-state index < -0.39 is 23.9 Å². The average molecular weight is 210 g/mol. The Balaban J connectivity index is -0.000000720. The molecular weight excluding hydrogens is 202 g/mol. The van der Waals surface area contributed by atoms with Crippen LogP contribution in [0.15, 0.2) is 0 Å². The van der Waals surface area contributed by atoms with E-state index in [9.17, 15) is 14.4 Å². The molecule has 0 aromatic carbocycles. The Bertz CT molecular complexity index is 236. The summed E-state index contributed by atoms with van der Waals surface area (Å²) >= 11 is 0. The Kier molecular flexibility index (Phi) is 8.92. The molecule has 2 radical (unpaired) electrons. The second-order valence-electron chi connectivity index (χ2n) is 2.01. The van der Waals surface area contributed by atoms with E-state index >= 15 is 0 Å². The number of hydrogen-bond acceptors (Lipinski definition) is 6. The molecule has 0 N–H and O–H groups in total. The molecule has 0 aliphatic heterocycles. The largest absolute Gasteiger partial charge is 1.00 e. The first-order valence-corrected chi connectivity index (χ1v) is 3.25. The molecule has 0 aliphatic rings. The third-order valence-corrected chi connectivity index (χ3v) is 0.766. The molecule has 0 rings (SSSR count). The van der Waals surface area contributed by atoms with Crippen molar-refractivity contribution < 1.29 is 59.9 Å². The smallest absolute Gasteiger partial charge is 1.00 e. The number of hydrogen-bond donors (Lipinski definition) is 0. The van der Waals surface area contributed by atoms with Gasteiger partial charge in [-0.15, -0.1) is 0 Å². The summed E-state index contributed by atoms with van der Waals surface area (Å²) in [6, 6.07) is -1.59. The summed E-state index contributed by atoms with van der Waals surface area (Å²) in [6.45, 7) is 2.10. The van der Waals surface area contributed by atoms with Crippen molar-refractivity contribution in [3.8, 4) is 0 Å². The molecule has 0 amide bonds. The number of ether oxygens (including phenoxy) is 1. The van der Waals surface area contributed by atoms with Gasteiger partial charge in [-0.05, 0) is 0 Å². The maximum Gasteiger partial charge on any atom is 1.00 e. The second kappa shape index (κ2) is 7.84. The predicted octanol–water partition coefficient (Wildman–Crippen LogP) is -3.82. The quantitative estimate of drug-likeness (QED) is 0.201. The van der Waals surface area contributed by atoms with Crippen molar-refractivity contribution in [1.82, 2.24) is 0 Å². The Hall–Kier alpha value is -0.525. The van der Waals surface area contributed by atoms with Gasteiger partial charge in [0.15, 0.2) is 6.00 Å². The van der Waals surface area contributed by atoms with Crippen LogP contribution in [-0.2, 0) is 28.9 Å². The van der Waals surface area contributed by atoms with Gasteiger partial charge < -0.3 is 6.16 Å². The third kappa shape index (κ3) is 8.09. The van der Waals surface area contributed by atoms with Crippen LogP contribution < -0.4 is 29.6 Å². The van der Waals surface area contributed by atoms with Gasteiger partial charge in [-0.25, -0.2) is 19.4 Å². The third-order valence-electron chi connectivity index (χ3n) is 0.766. The zero-order valence-electron chi connectivity index (χ0n) is 9.10. The van der Waals surface area contributed by atoms with Gasteiger partial charge in [0.05, 0.1) is 0 Å². The summed E-state index contributed by atoms with van der Waals surface area (Å²) < 4.78 is 4.22. The molecule has 8 heteroatoms. The Morgan fingerprint density at radius 2 is 1.64 bits per heavy atom. The SMILES string of the molecule is [B]C(OC(C)=O)C(=O)OOC(C)=O.[H-].[Na+]. The van der Waals surface area contributed by atoms with Crippen molar-refractivity contribution in [3.05, 3.63) is 0 Å². The van der Waals surface area contributed by atoms with Gasteiger partial charge in [0, 0.05) is 13.8 Å². The van der Waals surface area contributed by atoms with Gasteiger partial charge in [-0.3, -0.25) is 4.79 Å². The van der Waals surface area contributed by atoms with E-state index in [1.807, 2.05) is 0 Å². The molecule has 0 fully saturated rings. The molecule has 0 aromatic rings. The summed E-state index contributed by atoms with van der Waals surface area (Å²) in [4.78, 5) is 38.8. The fourth-order valence-corrected chi connectivity index (χ4v) is 0.374. The zero-order chi connectivity index (χ0) is 10.4. The van der Waals surface area contributed by atoms with Gasteiger partial charge in [-0.1, -0.05) is 0 Å². The molecule has 0 aliphatic carbocycles. The first-order chi connectivity index (χ1) is 5.93. The molecule has 1 unspecified atom stereocenters. The van der Waals surface area contributed by atoms with Crippen LogP contribution in [-0.4, -0.2) is 31.8 Å². The standard InChI is InChI=1S/C6H7BO6.Na.H/c1-3(8)11-5(7)6(10)13-12-4(2)9;;/h5H,1-2H3;;/q;+1;-1. The predicted molar refractivity (Wildman–Crippen MR) is 40.3 cm³/mol. The molecule has 72 valence electrons. The van der Waals surface area contributed by atoms with Crippen molar-refractivity contribution in [2.45, 2.75) is 19.9 Å². The topological polar surface area (TPSA) is 78.9 Å². The second-order valence-corrected chi connectivity index (χ2v) is 2.01. The van der Waals surface area contributed by atoms with Gasteiger partial charge in [-0.2, -0.15) is 0 Å². The van der Waals surface area contributed by atoms with E-state index in [1.165, 1.54) is 0 Å². The maximum atomic E-state index is 10.7. The molecule has 0 saturated carbocycles.